The third-order valence-corrected chi connectivity index (χ3v) is 6.99. The fourth-order valence-electron chi connectivity index (χ4n) is 4.93. The van der Waals surface area contributed by atoms with Gasteiger partial charge in [-0.1, -0.05) is 108 Å². The van der Waals surface area contributed by atoms with Gasteiger partial charge in [0, 0.05) is 46.5 Å². The van der Waals surface area contributed by atoms with Crippen LogP contribution < -0.4 is 0 Å². The summed E-state index contributed by atoms with van der Waals surface area (Å²) in [7, 11) is 0. The van der Waals surface area contributed by atoms with Gasteiger partial charge in [-0.05, 0) is 31.0 Å². The fourth-order valence-corrected chi connectivity index (χ4v) is 4.93. The van der Waals surface area contributed by atoms with Gasteiger partial charge in [0.1, 0.15) is 17.4 Å². The minimum Gasteiger partial charge on any atom is -0.436 e. The van der Waals surface area contributed by atoms with E-state index in [0.717, 1.165) is 50.8 Å². The monoisotopic (exact) mass is 505 g/mol. The summed E-state index contributed by atoms with van der Waals surface area (Å²) in [4.78, 5) is 4.76. The Morgan fingerprint density at radius 1 is 0.795 bits per heavy atom. The summed E-state index contributed by atoms with van der Waals surface area (Å²) < 4.78 is 8.59. The first-order valence-electron chi connectivity index (χ1n) is 13.0. The third-order valence-electron chi connectivity index (χ3n) is 6.99. The number of para-hydroxylation sites is 1. The molecule has 0 N–H and O–H groups in total. The number of aromatic nitrogens is 1. The normalized spacial score (nSPS) is 11.3. The van der Waals surface area contributed by atoms with Crippen molar-refractivity contribution in [2.45, 2.75) is 20.4 Å². The van der Waals surface area contributed by atoms with Crippen molar-refractivity contribution in [1.29, 1.82) is 5.26 Å². The van der Waals surface area contributed by atoms with Crippen LogP contribution in [0.1, 0.15) is 27.8 Å². The topological polar surface area (TPSA) is 54.2 Å². The molecule has 39 heavy (non-hydrogen) atoms. The highest BCUT2D eigenvalue weighted by Gasteiger charge is 2.23. The van der Waals surface area contributed by atoms with Crippen LogP contribution >= 0.6 is 0 Å². The zero-order valence-corrected chi connectivity index (χ0v) is 21.9. The molecule has 0 aliphatic rings. The average molecular weight is 506 g/mol. The average Bonchev–Trinajstić information content (AvgIpc) is 3.51. The summed E-state index contributed by atoms with van der Waals surface area (Å²) in [6.07, 6.45) is 3.92. The standard InChI is InChI=1S/C35H27N3O/c1-24-12-16-27(17-13-24)33-31(20-36)35(39-34(33)28-18-14-25(2)15-19-28)37-21-29-23-38(22-26-8-4-3-5-9-26)32-11-7-6-10-30(29)32/h3-19,21,23H,22H2,1-2H3. The molecule has 6 aromatic rings. The van der Waals surface area contributed by atoms with Crippen molar-refractivity contribution in [3.8, 4) is 28.5 Å². The summed E-state index contributed by atoms with van der Waals surface area (Å²) in [6.45, 7) is 4.86. The maximum Gasteiger partial charge on any atom is 0.238 e. The van der Waals surface area contributed by atoms with E-state index < -0.39 is 0 Å². The van der Waals surface area contributed by atoms with Crippen molar-refractivity contribution < 1.29 is 4.42 Å². The van der Waals surface area contributed by atoms with E-state index in [1.165, 1.54) is 5.56 Å². The Kier molecular flexibility index (Phi) is 6.40. The second-order valence-corrected chi connectivity index (χ2v) is 9.80. The van der Waals surface area contributed by atoms with Crippen molar-refractivity contribution in [1.82, 2.24) is 4.57 Å². The van der Waals surface area contributed by atoms with E-state index >= 15 is 0 Å². The molecular weight excluding hydrogens is 478 g/mol. The number of nitrogens with zero attached hydrogens (tertiary/aromatic N) is 3. The zero-order chi connectivity index (χ0) is 26.8. The highest BCUT2D eigenvalue weighted by molar-refractivity contribution is 6.00. The van der Waals surface area contributed by atoms with Crippen molar-refractivity contribution >= 4 is 23.0 Å². The first-order chi connectivity index (χ1) is 19.1. The number of benzene rings is 4. The summed E-state index contributed by atoms with van der Waals surface area (Å²) in [5, 5.41) is 11.4. The molecule has 0 amide bonds. The maximum absolute atomic E-state index is 10.3. The lowest BCUT2D eigenvalue weighted by molar-refractivity contribution is 0.593. The lowest BCUT2D eigenvalue weighted by Crippen LogP contribution is -1.97. The first kappa shape index (κ1) is 24.2. The Morgan fingerprint density at radius 2 is 1.44 bits per heavy atom. The molecular formula is C35H27N3O. The van der Waals surface area contributed by atoms with Crippen LogP contribution in [0.2, 0.25) is 0 Å². The van der Waals surface area contributed by atoms with Gasteiger partial charge in [0.2, 0.25) is 5.88 Å². The molecule has 2 heterocycles. The van der Waals surface area contributed by atoms with Crippen LogP contribution in [0, 0.1) is 25.2 Å². The molecule has 0 aliphatic carbocycles. The van der Waals surface area contributed by atoms with E-state index in [-0.39, 0.29) is 0 Å². The molecule has 4 aromatic carbocycles. The third kappa shape index (κ3) is 4.79. The molecule has 0 radical (unpaired) electrons. The van der Waals surface area contributed by atoms with Gasteiger partial charge in [-0.3, -0.25) is 0 Å². The zero-order valence-electron chi connectivity index (χ0n) is 21.9. The van der Waals surface area contributed by atoms with Crippen LogP contribution in [0.25, 0.3) is 33.4 Å². The molecule has 6 rings (SSSR count). The first-order valence-corrected chi connectivity index (χ1v) is 13.0. The van der Waals surface area contributed by atoms with Gasteiger partial charge in [0.15, 0.2) is 0 Å². The Bertz CT molecular complexity index is 1830. The minimum absolute atomic E-state index is 0.309. The van der Waals surface area contributed by atoms with E-state index in [4.69, 9.17) is 9.41 Å². The summed E-state index contributed by atoms with van der Waals surface area (Å²) in [6, 6.07) is 37.4. The van der Waals surface area contributed by atoms with Gasteiger partial charge in [0.25, 0.3) is 0 Å². The molecule has 188 valence electrons. The summed E-state index contributed by atoms with van der Waals surface area (Å²) in [5.74, 6) is 0.956. The predicted molar refractivity (Wildman–Crippen MR) is 159 cm³/mol. The van der Waals surface area contributed by atoms with E-state index in [9.17, 15) is 5.26 Å². The molecule has 4 nitrogen and oxygen atoms in total. The van der Waals surface area contributed by atoms with Gasteiger partial charge < -0.3 is 8.98 Å². The number of fused-ring (bicyclic) bond motifs is 1. The van der Waals surface area contributed by atoms with Crippen LogP contribution in [0.15, 0.2) is 119 Å². The van der Waals surface area contributed by atoms with Gasteiger partial charge >= 0.3 is 0 Å². The quantitative estimate of drug-likeness (QED) is 0.212. The molecule has 0 fully saturated rings. The van der Waals surface area contributed by atoms with Crippen molar-refractivity contribution in [3.63, 3.8) is 0 Å². The molecule has 2 aromatic heterocycles. The Balaban J connectivity index is 1.46. The lowest BCUT2D eigenvalue weighted by Gasteiger charge is -2.05. The minimum atomic E-state index is 0.309. The Hall–Kier alpha value is -5.14. The van der Waals surface area contributed by atoms with Gasteiger partial charge in [-0.2, -0.15) is 5.26 Å². The largest absolute Gasteiger partial charge is 0.436 e. The second-order valence-electron chi connectivity index (χ2n) is 9.80. The highest BCUT2D eigenvalue weighted by Crippen LogP contribution is 2.42. The van der Waals surface area contributed by atoms with Gasteiger partial charge in [-0.15, -0.1) is 0 Å². The van der Waals surface area contributed by atoms with E-state index in [2.05, 4.69) is 67.1 Å². The molecule has 0 atom stereocenters. The number of nitriles is 1. The van der Waals surface area contributed by atoms with E-state index in [0.29, 0.717) is 17.2 Å². The number of hydrogen-bond acceptors (Lipinski definition) is 3. The van der Waals surface area contributed by atoms with E-state index in [1.807, 2.05) is 66.7 Å². The number of aryl methyl sites for hydroxylation is 2. The molecule has 0 bridgehead atoms. The van der Waals surface area contributed by atoms with Crippen LogP contribution in [0.4, 0.5) is 5.88 Å². The highest BCUT2D eigenvalue weighted by atomic mass is 16.4. The van der Waals surface area contributed by atoms with Crippen molar-refractivity contribution in [2.75, 3.05) is 0 Å². The van der Waals surface area contributed by atoms with Crippen LogP contribution in [0.5, 0.6) is 0 Å². The number of rotatable bonds is 6. The Labute approximate surface area is 228 Å². The number of hydrogen-bond donors (Lipinski definition) is 0. The van der Waals surface area contributed by atoms with Crippen molar-refractivity contribution in [2.24, 2.45) is 4.99 Å². The smallest absolute Gasteiger partial charge is 0.238 e. The summed E-state index contributed by atoms with van der Waals surface area (Å²) >= 11 is 0. The molecule has 0 unspecified atom stereocenters. The van der Waals surface area contributed by atoms with Gasteiger partial charge in [0.05, 0.1) is 0 Å². The molecule has 4 heteroatoms. The molecule has 0 saturated heterocycles. The number of furan rings is 1. The number of aliphatic imine (C=N–C) groups is 1. The predicted octanol–water partition coefficient (Wildman–Crippen LogP) is 8.86. The molecule has 0 aliphatic heterocycles. The van der Waals surface area contributed by atoms with E-state index in [1.54, 1.807) is 6.21 Å². The maximum atomic E-state index is 10.3. The van der Waals surface area contributed by atoms with Crippen LogP contribution in [0.3, 0.4) is 0 Å². The SMILES string of the molecule is Cc1ccc(-c2oc(N=Cc3cn(Cc4ccccc4)c4ccccc34)c(C#N)c2-c2ccc(C)cc2)cc1. The fraction of sp³-hybridized carbons (Fsp3) is 0.0857. The Morgan fingerprint density at radius 3 is 2.13 bits per heavy atom. The molecule has 0 saturated carbocycles. The molecule has 0 spiro atoms. The lowest BCUT2D eigenvalue weighted by atomic mass is 9.97. The summed E-state index contributed by atoms with van der Waals surface area (Å²) in [5.41, 5.74) is 8.67. The second kappa shape index (κ2) is 10.3. The van der Waals surface area contributed by atoms with Crippen molar-refractivity contribution in [3.05, 3.63) is 137 Å². The van der Waals surface area contributed by atoms with Gasteiger partial charge in [-0.25, -0.2) is 4.99 Å². The van der Waals surface area contributed by atoms with Crippen LogP contribution in [-0.4, -0.2) is 10.8 Å². The van der Waals surface area contributed by atoms with Crippen LogP contribution in [-0.2, 0) is 6.54 Å².